The molecule has 22 nitrogen and oxygen atoms in total. The van der Waals surface area contributed by atoms with E-state index in [2.05, 4.69) is 42.5 Å². The Morgan fingerprint density at radius 3 is 1.14 bits per heavy atom. The summed E-state index contributed by atoms with van der Waals surface area (Å²) in [5, 5.41) is 20.4. The number of carbonyl (C=O) groups excluding carboxylic acids is 9. The molecule has 0 spiro atoms. The van der Waals surface area contributed by atoms with E-state index in [1.807, 2.05) is 0 Å². The maximum atomic E-state index is 13.6. The summed E-state index contributed by atoms with van der Waals surface area (Å²) in [4.78, 5) is 114. The lowest BCUT2D eigenvalue weighted by Gasteiger charge is -2.27. The maximum absolute atomic E-state index is 13.6. The lowest BCUT2D eigenvalue weighted by molar-refractivity contribution is -0.135. The van der Waals surface area contributed by atoms with Gasteiger partial charge in [-0.1, -0.05) is 0 Å². The molecule has 0 heterocycles. The predicted molar refractivity (Wildman–Crippen MR) is 214 cm³/mol. The first-order valence-corrected chi connectivity index (χ1v) is 20.1. The predicted octanol–water partition coefficient (Wildman–Crippen LogP) is -5.29. The van der Waals surface area contributed by atoms with Crippen molar-refractivity contribution in [1.29, 1.82) is 0 Å². The summed E-state index contributed by atoms with van der Waals surface area (Å²) in [6, 6.07) is -7.93. The van der Waals surface area contributed by atoms with E-state index in [1.165, 1.54) is 39.5 Å². The van der Waals surface area contributed by atoms with Gasteiger partial charge in [-0.05, 0) is 91.4 Å². The minimum Gasteiger partial charge on any atom is -0.368 e. The molecular formula is C34H65N13O9S. The van der Waals surface area contributed by atoms with E-state index < -0.39 is 89.6 Å². The molecular weight excluding hydrogens is 767 g/mol. The molecule has 9 amide bonds. The Morgan fingerprint density at radius 2 is 0.789 bits per heavy atom. The first-order chi connectivity index (χ1) is 26.9. The summed E-state index contributed by atoms with van der Waals surface area (Å²) in [6.45, 7) is 6.11. The van der Waals surface area contributed by atoms with Gasteiger partial charge in [-0.2, -0.15) is 0 Å². The molecule has 7 atom stereocenters. The number of hydrogen-bond donors (Lipinski definition) is 13. The fourth-order valence-corrected chi connectivity index (χ4v) is 5.93. The first kappa shape index (κ1) is 52.4. The summed E-state index contributed by atoms with van der Waals surface area (Å²) in [6.07, 6.45) is 1.74. The summed E-state index contributed by atoms with van der Waals surface area (Å²) in [5.74, 6) is -5.57. The van der Waals surface area contributed by atoms with Crippen LogP contribution in [-0.4, -0.2) is 133 Å². The number of carbonyl (C=O) groups is 9. The van der Waals surface area contributed by atoms with Crippen LogP contribution >= 0.6 is 11.8 Å². The molecule has 326 valence electrons. The van der Waals surface area contributed by atoms with Gasteiger partial charge in [0.1, 0.15) is 42.3 Å². The number of rotatable bonds is 30. The van der Waals surface area contributed by atoms with Crippen LogP contribution in [0.5, 0.6) is 0 Å². The SMILES string of the molecule is CC(=O)NCSC[C@@H](NC(C)=O)C(=O)N[C@H](C)C(=O)N[C@H](CCCN)C(=O)N[C@H](CCCN)C(=O)NC(CCCN)C(=O)N[C@H](C)C(=O)N[C@H](CCCN)C(N)=O. The zero-order valence-electron chi connectivity index (χ0n) is 33.4. The van der Waals surface area contributed by atoms with Gasteiger partial charge in [0.2, 0.25) is 53.2 Å². The van der Waals surface area contributed by atoms with Crippen molar-refractivity contribution in [3.8, 4) is 0 Å². The second kappa shape index (κ2) is 29.6. The van der Waals surface area contributed by atoms with E-state index in [0.29, 0.717) is 25.7 Å². The van der Waals surface area contributed by atoms with E-state index >= 15 is 0 Å². The van der Waals surface area contributed by atoms with E-state index in [0.717, 1.165) is 0 Å². The number of nitrogens with two attached hydrogens (primary N) is 5. The Hall–Kier alpha value is -4.58. The van der Waals surface area contributed by atoms with Crippen LogP contribution in [-0.2, 0) is 43.2 Å². The van der Waals surface area contributed by atoms with Crippen LogP contribution in [0.4, 0.5) is 0 Å². The molecule has 0 saturated carbocycles. The summed E-state index contributed by atoms with van der Waals surface area (Å²) >= 11 is 1.18. The Labute approximate surface area is 337 Å². The molecule has 0 fully saturated rings. The summed E-state index contributed by atoms with van der Waals surface area (Å²) in [7, 11) is 0. The van der Waals surface area contributed by atoms with Gasteiger partial charge in [-0.25, -0.2) is 0 Å². The maximum Gasteiger partial charge on any atom is 0.244 e. The van der Waals surface area contributed by atoms with Gasteiger partial charge in [0.05, 0.1) is 5.88 Å². The topological polar surface area (TPSA) is 380 Å². The third-order valence-electron chi connectivity index (χ3n) is 8.25. The van der Waals surface area contributed by atoms with Gasteiger partial charge < -0.3 is 71.2 Å². The molecule has 0 bridgehead atoms. The highest BCUT2D eigenvalue weighted by Gasteiger charge is 2.32. The minimum absolute atomic E-state index is 0.0594. The van der Waals surface area contributed by atoms with Crippen LogP contribution in [0.25, 0.3) is 0 Å². The van der Waals surface area contributed by atoms with Crippen LogP contribution < -0.4 is 71.2 Å². The lowest BCUT2D eigenvalue weighted by atomic mass is 10.0. The molecule has 0 rings (SSSR count). The number of hydrogen-bond acceptors (Lipinski definition) is 14. The normalized spacial score (nSPS) is 14.5. The molecule has 0 saturated heterocycles. The monoisotopic (exact) mass is 831 g/mol. The Morgan fingerprint density at radius 1 is 0.456 bits per heavy atom. The highest BCUT2D eigenvalue weighted by molar-refractivity contribution is 7.99. The van der Waals surface area contributed by atoms with Gasteiger partial charge in [0, 0.05) is 19.6 Å². The summed E-state index contributed by atoms with van der Waals surface area (Å²) in [5.41, 5.74) is 27.9. The number of amides is 9. The smallest absolute Gasteiger partial charge is 0.244 e. The second-order valence-corrected chi connectivity index (χ2v) is 14.4. The van der Waals surface area contributed by atoms with E-state index in [4.69, 9.17) is 28.7 Å². The fraction of sp³-hybridized carbons (Fsp3) is 0.735. The van der Waals surface area contributed by atoms with Crippen LogP contribution in [0, 0.1) is 0 Å². The van der Waals surface area contributed by atoms with E-state index in [1.54, 1.807) is 0 Å². The van der Waals surface area contributed by atoms with Crippen molar-refractivity contribution in [3.63, 3.8) is 0 Å². The number of thioether (sulfide) groups is 1. The standard InChI is InChI=1S/C34H65N13O9S/c1-19(29(51)44-23(28(39)50)9-5-13-35)41-31(53)24(10-6-14-36)46-33(55)26(12-8-16-38)47-32(54)25(11-7-15-37)45-30(52)20(2)42-34(56)27(43-22(4)49)17-57-18-40-21(3)48/h19-20,23-27H,5-18,35-38H2,1-4H3,(H2,39,50)(H,40,48)(H,41,53)(H,42,56)(H,43,49)(H,44,51)(H,45,52)(H,46,55)(H,47,54)/t19-,20-,23-,24?,25-,26-,27-/m1/s1. The van der Waals surface area contributed by atoms with E-state index in [-0.39, 0.29) is 69.4 Å². The average Bonchev–Trinajstić information content (AvgIpc) is 3.15. The zero-order valence-corrected chi connectivity index (χ0v) is 34.2. The van der Waals surface area contributed by atoms with Crippen molar-refractivity contribution >= 4 is 64.9 Å². The van der Waals surface area contributed by atoms with E-state index in [9.17, 15) is 43.2 Å². The third-order valence-corrected chi connectivity index (χ3v) is 9.17. The Bertz CT molecular complexity index is 1340. The van der Waals surface area contributed by atoms with Gasteiger partial charge in [0.25, 0.3) is 0 Å². The third kappa shape index (κ3) is 22.7. The molecule has 1 unspecified atom stereocenters. The van der Waals surface area contributed by atoms with Crippen molar-refractivity contribution in [2.24, 2.45) is 28.7 Å². The Balaban J connectivity index is 5.88. The average molecular weight is 832 g/mol. The van der Waals surface area contributed by atoms with Crippen LogP contribution in [0.2, 0.25) is 0 Å². The largest absolute Gasteiger partial charge is 0.368 e. The zero-order chi connectivity index (χ0) is 43.5. The molecule has 0 radical (unpaired) electrons. The molecule has 0 aliphatic carbocycles. The van der Waals surface area contributed by atoms with Crippen LogP contribution in [0.1, 0.15) is 79.1 Å². The lowest BCUT2D eigenvalue weighted by Crippen LogP contribution is -2.59. The van der Waals surface area contributed by atoms with Crippen molar-refractivity contribution < 1.29 is 43.2 Å². The van der Waals surface area contributed by atoms with Gasteiger partial charge in [0.15, 0.2) is 0 Å². The molecule has 0 aromatic carbocycles. The van der Waals surface area contributed by atoms with Gasteiger partial charge in [-0.3, -0.25) is 43.2 Å². The Kier molecular flexibility index (Phi) is 27.2. The van der Waals surface area contributed by atoms with Crippen molar-refractivity contribution in [1.82, 2.24) is 42.5 Å². The molecule has 0 aromatic rings. The first-order valence-electron chi connectivity index (χ1n) is 18.9. The molecule has 18 N–H and O–H groups in total. The fourth-order valence-electron chi connectivity index (χ4n) is 5.03. The van der Waals surface area contributed by atoms with Gasteiger partial charge in [-0.15, -0.1) is 11.8 Å². The van der Waals surface area contributed by atoms with Crippen molar-refractivity contribution in [3.05, 3.63) is 0 Å². The number of primary amides is 1. The minimum atomic E-state index is -1.21. The van der Waals surface area contributed by atoms with Crippen molar-refractivity contribution in [2.75, 3.05) is 37.8 Å². The van der Waals surface area contributed by atoms with Crippen LogP contribution in [0.15, 0.2) is 0 Å². The highest BCUT2D eigenvalue weighted by atomic mass is 32.2. The van der Waals surface area contributed by atoms with Gasteiger partial charge >= 0.3 is 0 Å². The van der Waals surface area contributed by atoms with Crippen LogP contribution in [0.3, 0.4) is 0 Å². The molecule has 0 aromatic heterocycles. The van der Waals surface area contributed by atoms with Crippen molar-refractivity contribution in [2.45, 2.75) is 121 Å². The molecule has 23 heteroatoms. The summed E-state index contributed by atoms with van der Waals surface area (Å²) < 4.78 is 0. The number of nitrogens with one attached hydrogen (secondary N) is 8. The molecule has 0 aliphatic rings. The quantitative estimate of drug-likeness (QED) is 0.0238. The molecule has 57 heavy (non-hydrogen) atoms. The molecule has 0 aliphatic heterocycles. The second-order valence-electron chi connectivity index (χ2n) is 13.3. The highest BCUT2D eigenvalue weighted by Crippen LogP contribution is 2.07.